The van der Waals surface area contributed by atoms with Crippen LogP contribution in [0.5, 0.6) is 17.2 Å². The molecule has 0 atom stereocenters. The summed E-state index contributed by atoms with van der Waals surface area (Å²) < 4.78 is 31.2. The highest BCUT2D eigenvalue weighted by Crippen LogP contribution is 2.35. The average molecular weight is 507 g/mol. The summed E-state index contributed by atoms with van der Waals surface area (Å²) in [4.78, 5) is 0. The van der Waals surface area contributed by atoms with E-state index in [1.807, 2.05) is 49.4 Å². The van der Waals surface area contributed by atoms with E-state index in [1.54, 1.807) is 13.2 Å². The number of hydrogen-bond donors (Lipinski definition) is 1. The Kier molecular flexibility index (Phi) is 7.57. The molecule has 0 spiro atoms. The topological polar surface area (TPSA) is 39.7 Å². The minimum absolute atomic E-state index is 0.272. The van der Waals surface area contributed by atoms with E-state index in [0.29, 0.717) is 24.7 Å². The maximum Gasteiger partial charge on any atom is 0.174 e. The van der Waals surface area contributed by atoms with Crippen LogP contribution >= 0.6 is 22.6 Å². The minimum atomic E-state index is -0.275. The molecule has 0 bridgehead atoms. The lowest BCUT2D eigenvalue weighted by Gasteiger charge is -2.15. The molecular weight excluding hydrogens is 484 g/mol. The average Bonchev–Trinajstić information content (AvgIpc) is 2.72. The molecule has 0 saturated carbocycles. The Hall–Kier alpha value is -2.48. The second kappa shape index (κ2) is 10.3. The summed E-state index contributed by atoms with van der Waals surface area (Å²) >= 11 is 2.23. The van der Waals surface area contributed by atoms with Crippen molar-refractivity contribution in [2.45, 2.75) is 20.1 Å². The number of hydrogen-bond acceptors (Lipinski definition) is 4. The van der Waals surface area contributed by atoms with Crippen LogP contribution in [0.15, 0.2) is 60.7 Å². The quantitative estimate of drug-likeness (QED) is 0.359. The van der Waals surface area contributed by atoms with Crippen LogP contribution in [0.3, 0.4) is 0 Å². The van der Waals surface area contributed by atoms with Crippen LogP contribution in [0.2, 0.25) is 0 Å². The van der Waals surface area contributed by atoms with Crippen molar-refractivity contribution in [2.75, 3.05) is 19.0 Å². The van der Waals surface area contributed by atoms with E-state index in [1.165, 1.54) is 12.1 Å². The molecule has 0 heterocycles. The second-order valence-corrected chi connectivity index (χ2v) is 7.50. The van der Waals surface area contributed by atoms with E-state index >= 15 is 0 Å². The number of benzene rings is 3. The standard InChI is InChI=1S/C23H23FINO3/c1-3-28-20-9-7-19(8-10-20)26-14-17-12-21(25)23(22(13-17)27-2)29-15-16-5-4-6-18(24)11-16/h4-13,26H,3,14-15H2,1-2H3. The van der Waals surface area contributed by atoms with Crippen molar-refractivity contribution in [3.8, 4) is 17.2 Å². The second-order valence-electron chi connectivity index (χ2n) is 6.34. The molecule has 6 heteroatoms. The van der Waals surface area contributed by atoms with Crippen LogP contribution in [-0.4, -0.2) is 13.7 Å². The molecule has 3 aromatic carbocycles. The summed E-state index contributed by atoms with van der Waals surface area (Å²) in [5.41, 5.74) is 2.84. The lowest BCUT2D eigenvalue weighted by Crippen LogP contribution is -2.04. The highest BCUT2D eigenvalue weighted by Gasteiger charge is 2.12. The fourth-order valence-electron chi connectivity index (χ4n) is 2.84. The number of methoxy groups -OCH3 is 1. The monoisotopic (exact) mass is 507 g/mol. The number of anilines is 1. The third kappa shape index (κ3) is 6.00. The molecule has 1 N–H and O–H groups in total. The first-order chi connectivity index (χ1) is 14.1. The fourth-order valence-corrected chi connectivity index (χ4v) is 3.66. The molecule has 0 aliphatic carbocycles. The zero-order valence-electron chi connectivity index (χ0n) is 16.4. The normalized spacial score (nSPS) is 10.5. The first-order valence-corrected chi connectivity index (χ1v) is 10.4. The minimum Gasteiger partial charge on any atom is -0.494 e. The van der Waals surface area contributed by atoms with Crippen molar-refractivity contribution in [3.63, 3.8) is 0 Å². The predicted octanol–water partition coefficient (Wildman–Crippen LogP) is 6.03. The highest BCUT2D eigenvalue weighted by atomic mass is 127. The van der Waals surface area contributed by atoms with Gasteiger partial charge in [0.25, 0.3) is 0 Å². The van der Waals surface area contributed by atoms with Gasteiger partial charge in [0, 0.05) is 12.2 Å². The predicted molar refractivity (Wildman–Crippen MR) is 121 cm³/mol. The molecule has 0 radical (unpaired) electrons. The van der Waals surface area contributed by atoms with E-state index in [9.17, 15) is 4.39 Å². The molecule has 152 valence electrons. The molecule has 0 aromatic heterocycles. The van der Waals surface area contributed by atoms with E-state index in [2.05, 4.69) is 27.9 Å². The maximum atomic E-state index is 13.4. The molecular formula is C23H23FINO3. The number of rotatable bonds is 9. The lowest BCUT2D eigenvalue weighted by molar-refractivity contribution is 0.281. The summed E-state index contributed by atoms with van der Waals surface area (Å²) in [5.74, 6) is 1.89. The molecule has 0 aliphatic rings. The van der Waals surface area contributed by atoms with Gasteiger partial charge in [0.05, 0.1) is 17.3 Å². The largest absolute Gasteiger partial charge is 0.494 e. The van der Waals surface area contributed by atoms with E-state index in [-0.39, 0.29) is 12.4 Å². The maximum absolute atomic E-state index is 13.4. The third-order valence-corrected chi connectivity index (χ3v) is 5.02. The van der Waals surface area contributed by atoms with Gasteiger partial charge in [0.15, 0.2) is 11.5 Å². The first-order valence-electron chi connectivity index (χ1n) is 9.29. The molecule has 0 saturated heterocycles. The summed E-state index contributed by atoms with van der Waals surface area (Å²) in [6.07, 6.45) is 0. The fraction of sp³-hybridized carbons (Fsp3) is 0.217. The number of halogens is 2. The summed E-state index contributed by atoms with van der Waals surface area (Å²) in [7, 11) is 1.62. The van der Waals surface area contributed by atoms with Crippen LogP contribution in [0.4, 0.5) is 10.1 Å². The first kappa shape index (κ1) is 21.2. The van der Waals surface area contributed by atoms with Gasteiger partial charge in [-0.15, -0.1) is 0 Å². The SMILES string of the molecule is CCOc1ccc(NCc2cc(I)c(OCc3cccc(F)c3)c(OC)c2)cc1. The van der Waals surface area contributed by atoms with Crippen molar-refractivity contribution in [1.82, 2.24) is 0 Å². The molecule has 3 aromatic rings. The van der Waals surface area contributed by atoms with Crippen LogP contribution in [0.1, 0.15) is 18.1 Å². The van der Waals surface area contributed by atoms with Gasteiger partial charge in [0.1, 0.15) is 18.2 Å². The molecule has 29 heavy (non-hydrogen) atoms. The van der Waals surface area contributed by atoms with Crippen LogP contribution in [0, 0.1) is 9.39 Å². The van der Waals surface area contributed by atoms with Crippen molar-refractivity contribution in [2.24, 2.45) is 0 Å². The molecule has 4 nitrogen and oxygen atoms in total. The van der Waals surface area contributed by atoms with Crippen molar-refractivity contribution >= 4 is 28.3 Å². The molecule has 3 rings (SSSR count). The number of ether oxygens (including phenoxy) is 3. The molecule has 0 aliphatic heterocycles. The van der Waals surface area contributed by atoms with Gasteiger partial charge in [0.2, 0.25) is 0 Å². The Morgan fingerprint density at radius 3 is 2.45 bits per heavy atom. The Labute approximate surface area is 184 Å². The van der Waals surface area contributed by atoms with Gasteiger partial charge >= 0.3 is 0 Å². The van der Waals surface area contributed by atoms with Gasteiger partial charge in [-0.1, -0.05) is 12.1 Å². The summed E-state index contributed by atoms with van der Waals surface area (Å²) in [6, 6.07) is 18.3. The van der Waals surface area contributed by atoms with E-state index in [0.717, 1.165) is 26.1 Å². The van der Waals surface area contributed by atoms with Crippen molar-refractivity contribution in [3.05, 3.63) is 81.2 Å². The Balaban J connectivity index is 1.67. The van der Waals surface area contributed by atoms with Crippen molar-refractivity contribution < 1.29 is 18.6 Å². The van der Waals surface area contributed by atoms with Gasteiger partial charge in [-0.2, -0.15) is 0 Å². The Morgan fingerprint density at radius 1 is 0.966 bits per heavy atom. The molecule has 0 amide bonds. The molecule has 0 fully saturated rings. The Bertz CT molecular complexity index is 947. The van der Waals surface area contributed by atoms with E-state index < -0.39 is 0 Å². The summed E-state index contributed by atoms with van der Waals surface area (Å²) in [5, 5.41) is 3.40. The zero-order chi connectivity index (χ0) is 20.6. The Morgan fingerprint density at radius 2 is 1.76 bits per heavy atom. The van der Waals surface area contributed by atoms with Gasteiger partial charge in [-0.25, -0.2) is 4.39 Å². The zero-order valence-corrected chi connectivity index (χ0v) is 18.5. The summed E-state index contributed by atoms with van der Waals surface area (Å²) in [6.45, 7) is 3.53. The number of nitrogens with one attached hydrogen (secondary N) is 1. The third-order valence-electron chi connectivity index (χ3n) is 4.22. The highest BCUT2D eigenvalue weighted by molar-refractivity contribution is 14.1. The van der Waals surface area contributed by atoms with Gasteiger partial charge < -0.3 is 19.5 Å². The smallest absolute Gasteiger partial charge is 0.174 e. The van der Waals surface area contributed by atoms with Gasteiger partial charge in [-0.05, 0) is 89.2 Å². The van der Waals surface area contributed by atoms with Gasteiger partial charge in [-0.3, -0.25) is 0 Å². The molecule has 0 unspecified atom stereocenters. The van der Waals surface area contributed by atoms with Crippen LogP contribution < -0.4 is 19.5 Å². The van der Waals surface area contributed by atoms with Crippen LogP contribution in [-0.2, 0) is 13.2 Å². The van der Waals surface area contributed by atoms with Crippen LogP contribution in [0.25, 0.3) is 0 Å². The van der Waals surface area contributed by atoms with Crippen molar-refractivity contribution in [1.29, 1.82) is 0 Å². The van der Waals surface area contributed by atoms with E-state index in [4.69, 9.17) is 14.2 Å². The lowest BCUT2D eigenvalue weighted by atomic mass is 10.2.